The van der Waals surface area contributed by atoms with Crippen LogP contribution in [0.4, 0.5) is 5.69 Å². The number of hydrogen-bond donors (Lipinski definition) is 5. The molecule has 68 valence electrons. The summed E-state index contributed by atoms with van der Waals surface area (Å²) in [7, 11) is -1.55. The van der Waals surface area contributed by atoms with Crippen LogP contribution in [0.2, 0.25) is 0 Å². The molecule has 0 aromatic heterocycles. The Morgan fingerprint density at radius 3 is 2.38 bits per heavy atom. The Hall–Kier alpha value is -1.53. The molecule has 5 nitrogen and oxygen atoms in total. The molecule has 0 aliphatic rings. The van der Waals surface area contributed by atoms with E-state index in [0.29, 0.717) is 5.56 Å². The Kier molecular flexibility index (Phi) is 2.55. The first kappa shape index (κ1) is 9.56. The Labute approximate surface area is 75.6 Å². The number of amidine groups is 1. The highest BCUT2D eigenvalue weighted by Crippen LogP contribution is 2.07. The van der Waals surface area contributed by atoms with Crippen LogP contribution in [0.15, 0.2) is 18.2 Å². The van der Waals surface area contributed by atoms with Gasteiger partial charge in [0.15, 0.2) is 0 Å². The lowest BCUT2D eigenvalue weighted by Gasteiger charge is -2.05. The number of anilines is 1. The van der Waals surface area contributed by atoms with Crippen LogP contribution in [-0.4, -0.2) is 23.0 Å². The van der Waals surface area contributed by atoms with Crippen molar-refractivity contribution < 1.29 is 10.0 Å². The first-order chi connectivity index (χ1) is 6.02. The zero-order valence-corrected chi connectivity index (χ0v) is 6.86. The van der Waals surface area contributed by atoms with Gasteiger partial charge in [-0.25, -0.2) is 0 Å². The van der Waals surface area contributed by atoms with E-state index < -0.39 is 7.12 Å². The van der Waals surface area contributed by atoms with E-state index in [-0.39, 0.29) is 17.0 Å². The summed E-state index contributed by atoms with van der Waals surface area (Å²) in [4.78, 5) is 0. The van der Waals surface area contributed by atoms with Crippen LogP contribution in [0, 0.1) is 5.41 Å². The predicted octanol–water partition coefficient (Wildman–Crippen LogP) is -1.77. The van der Waals surface area contributed by atoms with Gasteiger partial charge in [0.2, 0.25) is 0 Å². The second kappa shape index (κ2) is 3.46. The van der Waals surface area contributed by atoms with Crippen LogP contribution in [0.5, 0.6) is 0 Å². The van der Waals surface area contributed by atoms with Gasteiger partial charge in [0.05, 0.1) is 0 Å². The summed E-state index contributed by atoms with van der Waals surface area (Å²) < 4.78 is 0. The van der Waals surface area contributed by atoms with Crippen LogP contribution in [0.25, 0.3) is 0 Å². The average molecular weight is 179 g/mol. The molecule has 6 heteroatoms. The van der Waals surface area contributed by atoms with Gasteiger partial charge in [-0.3, -0.25) is 5.41 Å². The van der Waals surface area contributed by atoms with Crippen molar-refractivity contribution in [2.75, 3.05) is 5.73 Å². The molecular weight excluding hydrogens is 169 g/mol. The van der Waals surface area contributed by atoms with E-state index in [2.05, 4.69) is 0 Å². The van der Waals surface area contributed by atoms with Gasteiger partial charge in [-0.1, -0.05) is 6.07 Å². The molecule has 1 aromatic carbocycles. The molecule has 0 saturated heterocycles. The van der Waals surface area contributed by atoms with Crippen LogP contribution >= 0.6 is 0 Å². The lowest BCUT2D eigenvalue weighted by atomic mass is 9.79. The molecule has 0 fully saturated rings. The molecular formula is C7H10BN3O2. The second-order valence-electron chi connectivity index (χ2n) is 2.63. The maximum atomic E-state index is 8.79. The highest BCUT2D eigenvalue weighted by atomic mass is 16.4. The van der Waals surface area contributed by atoms with Crippen LogP contribution in [-0.2, 0) is 0 Å². The summed E-state index contributed by atoms with van der Waals surface area (Å²) in [6.07, 6.45) is 0. The highest BCUT2D eigenvalue weighted by Gasteiger charge is 2.12. The van der Waals surface area contributed by atoms with E-state index in [4.69, 9.17) is 26.9 Å². The molecule has 0 saturated carbocycles. The van der Waals surface area contributed by atoms with E-state index in [9.17, 15) is 0 Å². The highest BCUT2D eigenvalue weighted by molar-refractivity contribution is 6.58. The van der Waals surface area contributed by atoms with Gasteiger partial charge >= 0.3 is 7.12 Å². The number of nitrogen functional groups attached to an aromatic ring is 2. The SMILES string of the molecule is N=C(N)c1ccc(B(O)O)cc1N. The van der Waals surface area contributed by atoms with Crippen molar-refractivity contribution in [2.45, 2.75) is 0 Å². The van der Waals surface area contributed by atoms with Gasteiger partial charge in [-0.15, -0.1) is 0 Å². The number of benzene rings is 1. The fourth-order valence-corrected chi connectivity index (χ4v) is 0.987. The third kappa shape index (κ3) is 1.98. The number of hydrogen-bond acceptors (Lipinski definition) is 4. The maximum absolute atomic E-state index is 8.79. The molecule has 0 atom stereocenters. The van der Waals surface area contributed by atoms with Crippen molar-refractivity contribution in [3.8, 4) is 0 Å². The van der Waals surface area contributed by atoms with Crippen LogP contribution in [0.3, 0.4) is 0 Å². The van der Waals surface area contributed by atoms with E-state index in [0.717, 1.165) is 0 Å². The number of nitrogens with two attached hydrogens (primary N) is 2. The number of rotatable bonds is 2. The van der Waals surface area contributed by atoms with Crippen molar-refractivity contribution in [1.29, 1.82) is 5.41 Å². The van der Waals surface area contributed by atoms with Crippen LogP contribution in [0.1, 0.15) is 5.56 Å². The summed E-state index contributed by atoms with van der Waals surface area (Å²) in [5.74, 6) is -0.142. The largest absolute Gasteiger partial charge is 0.488 e. The Balaban J connectivity index is 3.13. The maximum Gasteiger partial charge on any atom is 0.488 e. The van der Waals surface area contributed by atoms with Crippen molar-refractivity contribution >= 4 is 24.1 Å². The topological polar surface area (TPSA) is 116 Å². The van der Waals surface area contributed by atoms with E-state index in [1.165, 1.54) is 18.2 Å². The Morgan fingerprint density at radius 2 is 2.00 bits per heavy atom. The van der Waals surface area contributed by atoms with Gasteiger partial charge in [-0.05, 0) is 17.6 Å². The summed E-state index contributed by atoms with van der Waals surface area (Å²) >= 11 is 0. The zero-order valence-electron chi connectivity index (χ0n) is 6.86. The van der Waals surface area contributed by atoms with Gasteiger partial charge in [0, 0.05) is 11.3 Å². The minimum absolute atomic E-state index is 0.142. The van der Waals surface area contributed by atoms with E-state index in [1.807, 2.05) is 0 Å². The molecule has 0 aliphatic heterocycles. The Morgan fingerprint density at radius 1 is 1.38 bits per heavy atom. The van der Waals surface area contributed by atoms with E-state index >= 15 is 0 Å². The first-order valence-electron chi connectivity index (χ1n) is 3.62. The van der Waals surface area contributed by atoms with Crippen molar-refractivity contribution in [3.05, 3.63) is 23.8 Å². The minimum Gasteiger partial charge on any atom is -0.423 e. The van der Waals surface area contributed by atoms with Crippen molar-refractivity contribution in [3.63, 3.8) is 0 Å². The minimum atomic E-state index is -1.55. The molecule has 13 heavy (non-hydrogen) atoms. The van der Waals surface area contributed by atoms with Gasteiger partial charge in [-0.2, -0.15) is 0 Å². The molecule has 0 bridgehead atoms. The molecule has 1 rings (SSSR count). The monoisotopic (exact) mass is 179 g/mol. The lowest BCUT2D eigenvalue weighted by molar-refractivity contribution is 0.426. The fraction of sp³-hybridized carbons (Fsp3) is 0. The van der Waals surface area contributed by atoms with Crippen molar-refractivity contribution in [1.82, 2.24) is 0 Å². The molecule has 0 spiro atoms. The third-order valence-corrected chi connectivity index (χ3v) is 1.66. The summed E-state index contributed by atoms with van der Waals surface area (Å²) in [6.45, 7) is 0. The standard InChI is InChI=1S/C7H10BN3O2/c9-6-3-4(8(12)13)1-2-5(6)7(10)11/h1-3,12-13H,9H2,(H3,10,11). The normalized spacial score (nSPS) is 9.69. The fourth-order valence-electron chi connectivity index (χ4n) is 0.987. The predicted molar refractivity (Wildman–Crippen MR) is 51.7 cm³/mol. The summed E-state index contributed by atoms with van der Waals surface area (Å²) in [6, 6.07) is 4.31. The quantitative estimate of drug-likeness (QED) is 0.160. The smallest absolute Gasteiger partial charge is 0.423 e. The van der Waals surface area contributed by atoms with Gasteiger partial charge in [0.25, 0.3) is 0 Å². The molecule has 0 radical (unpaired) electrons. The number of nitrogens with one attached hydrogen (secondary N) is 1. The second-order valence-corrected chi connectivity index (χ2v) is 2.63. The Bertz CT molecular complexity index is 341. The summed E-state index contributed by atoms with van der Waals surface area (Å²) in [5, 5.41) is 24.7. The van der Waals surface area contributed by atoms with Gasteiger partial charge in [0.1, 0.15) is 5.84 Å². The molecule has 0 unspecified atom stereocenters. The lowest BCUT2D eigenvalue weighted by Crippen LogP contribution is -2.30. The van der Waals surface area contributed by atoms with Crippen LogP contribution < -0.4 is 16.9 Å². The third-order valence-electron chi connectivity index (χ3n) is 1.66. The molecule has 7 N–H and O–H groups in total. The van der Waals surface area contributed by atoms with E-state index in [1.54, 1.807) is 0 Å². The first-order valence-corrected chi connectivity index (χ1v) is 3.62. The average Bonchev–Trinajstić information content (AvgIpc) is 2.03. The molecule has 0 heterocycles. The molecule has 0 amide bonds. The summed E-state index contributed by atoms with van der Waals surface area (Å²) in [5.41, 5.74) is 11.7. The molecule has 1 aromatic rings. The zero-order chi connectivity index (χ0) is 10.0. The molecule has 0 aliphatic carbocycles. The van der Waals surface area contributed by atoms with Gasteiger partial charge < -0.3 is 21.5 Å². The van der Waals surface area contributed by atoms with Crippen molar-refractivity contribution in [2.24, 2.45) is 5.73 Å².